The minimum atomic E-state index is -3.33. The molecule has 2 rings (SSSR count). The van der Waals surface area contributed by atoms with Crippen molar-refractivity contribution in [2.75, 3.05) is 0 Å². The van der Waals surface area contributed by atoms with Gasteiger partial charge in [0, 0.05) is 6.04 Å². The number of hydrogen-bond acceptors (Lipinski definition) is 2. The summed E-state index contributed by atoms with van der Waals surface area (Å²) in [5.41, 5.74) is 1.07. The average Bonchev–Trinajstić information content (AvgIpc) is 2.63. The Balaban J connectivity index is 2.11. The van der Waals surface area contributed by atoms with E-state index in [1.165, 1.54) is 0 Å². The Morgan fingerprint density at radius 3 is 2.35 bits per heavy atom. The molecule has 3 nitrogen and oxygen atoms in total. The van der Waals surface area contributed by atoms with E-state index in [-0.39, 0.29) is 6.04 Å². The third kappa shape index (κ3) is 3.07. The van der Waals surface area contributed by atoms with E-state index in [2.05, 4.69) is 11.6 Å². The van der Waals surface area contributed by atoms with Gasteiger partial charge in [-0.15, -0.1) is 0 Å². The summed E-state index contributed by atoms with van der Waals surface area (Å²) in [6.07, 6.45) is 3.01. The van der Waals surface area contributed by atoms with Crippen molar-refractivity contribution in [3.63, 3.8) is 0 Å². The lowest BCUT2D eigenvalue weighted by Crippen LogP contribution is -2.32. The predicted molar refractivity (Wildman–Crippen MR) is 68.3 cm³/mol. The molecule has 1 aromatic carbocycles. The summed E-state index contributed by atoms with van der Waals surface area (Å²) in [5, 5.41) is 0. The number of nitrogens with one attached hydrogen (secondary N) is 1. The molecule has 1 fully saturated rings. The third-order valence-corrected chi connectivity index (χ3v) is 4.88. The van der Waals surface area contributed by atoms with Crippen molar-refractivity contribution in [2.24, 2.45) is 5.92 Å². The summed E-state index contributed by atoms with van der Waals surface area (Å²) >= 11 is 0. The molecule has 2 unspecified atom stereocenters. The van der Waals surface area contributed by atoms with Crippen molar-refractivity contribution in [2.45, 2.75) is 44.0 Å². The Morgan fingerprint density at radius 2 is 1.82 bits per heavy atom. The predicted octanol–water partition coefficient (Wildman–Crippen LogP) is 2.46. The summed E-state index contributed by atoms with van der Waals surface area (Å²) in [7, 11) is -3.33. The summed E-state index contributed by atoms with van der Waals surface area (Å²) < 4.78 is 27.0. The van der Waals surface area contributed by atoms with Crippen LogP contribution in [0.3, 0.4) is 0 Å². The fraction of sp³-hybridized carbons (Fsp3) is 0.538. The fourth-order valence-corrected chi connectivity index (χ4v) is 3.60. The minimum Gasteiger partial charge on any atom is -0.208 e. The molecule has 17 heavy (non-hydrogen) atoms. The lowest BCUT2D eigenvalue weighted by molar-refractivity contribution is 0.538. The van der Waals surface area contributed by atoms with Gasteiger partial charge in [0.25, 0.3) is 0 Å². The van der Waals surface area contributed by atoms with E-state index < -0.39 is 10.0 Å². The Morgan fingerprint density at radius 1 is 1.18 bits per heavy atom. The number of rotatable bonds is 3. The van der Waals surface area contributed by atoms with Gasteiger partial charge in [-0.3, -0.25) is 0 Å². The molecule has 4 heteroatoms. The molecule has 0 saturated heterocycles. The minimum absolute atomic E-state index is 0.108. The monoisotopic (exact) mass is 253 g/mol. The van der Waals surface area contributed by atoms with Crippen molar-refractivity contribution in [3.05, 3.63) is 29.8 Å². The van der Waals surface area contributed by atoms with E-state index >= 15 is 0 Å². The maximum absolute atomic E-state index is 12.1. The first kappa shape index (κ1) is 12.6. The number of hydrogen-bond donors (Lipinski definition) is 1. The lowest BCUT2D eigenvalue weighted by atomic mass is 10.1. The summed E-state index contributed by atoms with van der Waals surface area (Å²) in [5.74, 6) is 0.626. The maximum atomic E-state index is 12.1. The van der Waals surface area contributed by atoms with E-state index in [1.54, 1.807) is 12.1 Å². The first-order valence-electron chi connectivity index (χ1n) is 6.06. The van der Waals surface area contributed by atoms with Crippen LogP contribution in [0.4, 0.5) is 0 Å². The van der Waals surface area contributed by atoms with Crippen LogP contribution in [-0.2, 0) is 10.0 Å². The first-order valence-corrected chi connectivity index (χ1v) is 7.55. The van der Waals surface area contributed by atoms with E-state index in [4.69, 9.17) is 0 Å². The van der Waals surface area contributed by atoms with Gasteiger partial charge in [-0.25, -0.2) is 13.1 Å². The third-order valence-electron chi connectivity index (χ3n) is 3.35. The van der Waals surface area contributed by atoms with Crippen molar-refractivity contribution >= 4 is 10.0 Å². The van der Waals surface area contributed by atoms with Gasteiger partial charge < -0.3 is 0 Å². The molecular weight excluding hydrogens is 234 g/mol. The Labute approximate surface area is 103 Å². The second kappa shape index (κ2) is 4.78. The molecule has 1 N–H and O–H groups in total. The molecule has 0 spiro atoms. The van der Waals surface area contributed by atoms with E-state index in [9.17, 15) is 8.42 Å². The quantitative estimate of drug-likeness (QED) is 0.899. The van der Waals surface area contributed by atoms with Crippen LogP contribution in [0.15, 0.2) is 29.2 Å². The maximum Gasteiger partial charge on any atom is 0.240 e. The van der Waals surface area contributed by atoms with Crippen LogP contribution < -0.4 is 4.72 Å². The number of benzene rings is 1. The zero-order chi connectivity index (χ0) is 12.5. The highest BCUT2D eigenvalue weighted by molar-refractivity contribution is 7.89. The molecule has 1 aromatic rings. The molecule has 0 bridgehead atoms. The topological polar surface area (TPSA) is 46.2 Å². The molecule has 0 aliphatic heterocycles. The van der Waals surface area contributed by atoms with Crippen molar-refractivity contribution in [3.8, 4) is 0 Å². The van der Waals surface area contributed by atoms with E-state index in [1.807, 2.05) is 19.1 Å². The Bertz CT molecular complexity index is 479. The summed E-state index contributed by atoms with van der Waals surface area (Å²) in [6.45, 7) is 4.11. The highest BCUT2D eigenvalue weighted by atomic mass is 32.2. The highest BCUT2D eigenvalue weighted by Crippen LogP contribution is 2.26. The molecule has 1 aliphatic carbocycles. The lowest BCUT2D eigenvalue weighted by Gasteiger charge is -2.13. The summed E-state index contributed by atoms with van der Waals surface area (Å²) in [6, 6.07) is 7.08. The van der Waals surface area contributed by atoms with Crippen molar-refractivity contribution in [1.29, 1.82) is 0 Å². The zero-order valence-electron chi connectivity index (χ0n) is 10.3. The molecule has 0 aromatic heterocycles. The van der Waals surface area contributed by atoms with Gasteiger partial charge in [0.1, 0.15) is 0 Å². The molecule has 1 saturated carbocycles. The van der Waals surface area contributed by atoms with Crippen LogP contribution in [0.25, 0.3) is 0 Å². The van der Waals surface area contributed by atoms with Crippen LogP contribution in [-0.4, -0.2) is 14.5 Å². The van der Waals surface area contributed by atoms with Crippen LogP contribution in [0, 0.1) is 12.8 Å². The fourth-order valence-electron chi connectivity index (χ4n) is 2.32. The van der Waals surface area contributed by atoms with Crippen LogP contribution in [0.2, 0.25) is 0 Å². The first-order chi connectivity index (χ1) is 7.97. The Kier molecular flexibility index (Phi) is 3.54. The highest BCUT2D eigenvalue weighted by Gasteiger charge is 2.26. The van der Waals surface area contributed by atoms with E-state index in [0.717, 1.165) is 24.8 Å². The van der Waals surface area contributed by atoms with Gasteiger partial charge in [-0.05, 0) is 44.2 Å². The average molecular weight is 253 g/mol. The molecule has 94 valence electrons. The van der Waals surface area contributed by atoms with Gasteiger partial charge >= 0.3 is 0 Å². The van der Waals surface area contributed by atoms with Gasteiger partial charge in [-0.2, -0.15) is 0 Å². The standard InChI is InChI=1S/C13H19NO2S/c1-10-4-7-13(8-5-10)17(15,16)14-12-6-3-11(2)9-12/h4-5,7-8,11-12,14H,3,6,9H2,1-2H3. The van der Waals surface area contributed by atoms with Crippen molar-refractivity contribution in [1.82, 2.24) is 4.72 Å². The molecule has 0 amide bonds. The molecule has 0 radical (unpaired) electrons. The molecule has 0 heterocycles. The van der Waals surface area contributed by atoms with E-state index in [0.29, 0.717) is 10.8 Å². The second-order valence-electron chi connectivity index (χ2n) is 5.05. The van der Waals surface area contributed by atoms with Crippen LogP contribution in [0.5, 0.6) is 0 Å². The smallest absolute Gasteiger partial charge is 0.208 e. The van der Waals surface area contributed by atoms with Gasteiger partial charge in [0.2, 0.25) is 10.0 Å². The van der Waals surface area contributed by atoms with Crippen molar-refractivity contribution < 1.29 is 8.42 Å². The SMILES string of the molecule is Cc1ccc(S(=O)(=O)NC2CCC(C)C2)cc1. The molecule has 1 aliphatic rings. The van der Waals surface area contributed by atoms with Gasteiger partial charge in [0.05, 0.1) is 4.90 Å². The number of sulfonamides is 1. The number of aryl methyl sites for hydroxylation is 1. The second-order valence-corrected chi connectivity index (χ2v) is 6.76. The zero-order valence-corrected chi connectivity index (χ0v) is 11.1. The Hall–Kier alpha value is -0.870. The van der Waals surface area contributed by atoms with Crippen LogP contribution >= 0.6 is 0 Å². The normalized spacial score (nSPS) is 25.1. The molecular formula is C13H19NO2S. The van der Waals surface area contributed by atoms with Gasteiger partial charge in [0.15, 0.2) is 0 Å². The summed E-state index contributed by atoms with van der Waals surface area (Å²) in [4.78, 5) is 0.364. The van der Waals surface area contributed by atoms with Gasteiger partial charge in [-0.1, -0.05) is 24.6 Å². The largest absolute Gasteiger partial charge is 0.240 e. The van der Waals surface area contributed by atoms with Crippen LogP contribution in [0.1, 0.15) is 31.7 Å². The molecule has 2 atom stereocenters.